The number of rotatable bonds is 3. The first-order valence-corrected chi connectivity index (χ1v) is 6.18. The molecule has 1 atom stereocenters. The van der Waals surface area contributed by atoms with Crippen LogP contribution in [-0.2, 0) is 0 Å². The number of piperidine rings is 1. The standard InChI is InChI=1S/C12H17ClN2O/c1-16-11-4-5-12(14-8-11)15-6-2-3-10(7-13)9-15/h4-5,8,10H,2-3,6-7,9H2,1H3. The second kappa shape index (κ2) is 5.39. The molecule has 0 amide bonds. The van der Waals surface area contributed by atoms with E-state index in [2.05, 4.69) is 9.88 Å². The van der Waals surface area contributed by atoms with Crippen molar-refractivity contribution in [2.45, 2.75) is 12.8 Å². The molecule has 1 fully saturated rings. The molecule has 1 saturated heterocycles. The Labute approximate surface area is 101 Å². The van der Waals surface area contributed by atoms with Gasteiger partial charge in [-0.1, -0.05) is 0 Å². The first-order valence-electron chi connectivity index (χ1n) is 5.64. The molecule has 2 heterocycles. The van der Waals surface area contributed by atoms with Gasteiger partial charge in [0.05, 0.1) is 13.3 Å². The Bertz CT molecular complexity index is 328. The molecule has 1 aliphatic heterocycles. The molecule has 4 heteroatoms. The maximum Gasteiger partial charge on any atom is 0.137 e. The predicted octanol–water partition coefficient (Wildman–Crippen LogP) is 2.55. The van der Waals surface area contributed by atoms with Crippen molar-refractivity contribution in [2.24, 2.45) is 5.92 Å². The average molecular weight is 241 g/mol. The van der Waals surface area contributed by atoms with E-state index in [1.165, 1.54) is 12.8 Å². The molecule has 2 rings (SSSR count). The summed E-state index contributed by atoms with van der Waals surface area (Å²) in [7, 11) is 1.65. The molecular formula is C12H17ClN2O. The molecule has 1 aromatic heterocycles. The van der Waals surface area contributed by atoms with Gasteiger partial charge in [-0.15, -0.1) is 11.6 Å². The summed E-state index contributed by atoms with van der Waals surface area (Å²) in [5.41, 5.74) is 0. The van der Waals surface area contributed by atoms with Crippen LogP contribution in [0.25, 0.3) is 0 Å². The highest BCUT2D eigenvalue weighted by atomic mass is 35.5. The maximum absolute atomic E-state index is 5.91. The second-order valence-corrected chi connectivity index (χ2v) is 4.47. The largest absolute Gasteiger partial charge is 0.495 e. The van der Waals surface area contributed by atoms with E-state index in [0.717, 1.165) is 30.5 Å². The molecule has 0 radical (unpaired) electrons. The summed E-state index contributed by atoms with van der Waals surface area (Å²) < 4.78 is 5.10. The first kappa shape index (κ1) is 11.5. The van der Waals surface area contributed by atoms with Crippen LogP contribution in [0.4, 0.5) is 5.82 Å². The fourth-order valence-corrected chi connectivity index (χ4v) is 2.33. The minimum atomic E-state index is 0.597. The Morgan fingerprint density at radius 2 is 2.44 bits per heavy atom. The molecule has 1 aromatic rings. The van der Waals surface area contributed by atoms with Crippen LogP contribution >= 0.6 is 11.6 Å². The zero-order valence-electron chi connectivity index (χ0n) is 9.53. The van der Waals surface area contributed by atoms with Crippen LogP contribution in [0.5, 0.6) is 5.75 Å². The molecule has 0 bridgehead atoms. The van der Waals surface area contributed by atoms with Gasteiger partial charge in [-0.3, -0.25) is 0 Å². The van der Waals surface area contributed by atoms with Gasteiger partial charge in [-0.25, -0.2) is 4.98 Å². The van der Waals surface area contributed by atoms with Crippen molar-refractivity contribution < 1.29 is 4.74 Å². The van der Waals surface area contributed by atoms with Gasteiger partial charge in [-0.05, 0) is 30.9 Å². The number of methoxy groups -OCH3 is 1. The number of hydrogen-bond donors (Lipinski definition) is 0. The quantitative estimate of drug-likeness (QED) is 0.760. The molecule has 0 spiro atoms. The van der Waals surface area contributed by atoms with Gasteiger partial charge in [-0.2, -0.15) is 0 Å². The van der Waals surface area contributed by atoms with Gasteiger partial charge in [0.15, 0.2) is 0 Å². The van der Waals surface area contributed by atoms with Crippen molar-refractivity contribution in [3.8, 4) is 5.75 Å². The molecule has 0 N–H and O–H groups in total. The Morgan fingerprint density at radius 3 is 3.06 bits per heavy atom. The molecule has 1 unspecified atom stereocenters. The zero-order chi connectivity index (χ0) is 11.4. The number of aromatic nitrogens is 1. The van der Waals surface area contributed by atoms with E-state index < -0.39 is 0 Å². The fraction of sp³-hybridized carbons (Fsp3) is 0.583. The van der Waals surface area contributed by atoms with Crippen molar-refractivity contribution in [1.29, 1.82) is 0 Å². The van der Waals surface area contributed by atoms with E-state index in [1.807, 2.05) is 12.1 Å². The van der Waals surface area contributed by atoms with Crippen LogP contribution in [0.1, 0.15) is 12.8 Å². The van der Waals surface area contributed by atoms with Gasteiger partial charge < -0.3 is 9.64 Å². The third kappa shape index (κ3) is 2.59. The van der Waals surface area contributed by atoms with Gasteiger partial charge in [0.1, 0.15) is 11.6 Å². The lowest BCUT2D eigenvalue weighted by atomic mass is 10.0. The van der Waals surface area contributed by atoms with E-state index in [0.29, 0.717) is 5.92 Å². The SMILES string of the molecule is COc1ccc(N2CCCC(CCl)C2)nc1. The van der Waals surface area contributed by atoms with Crippen LogP contribution in [0.2, 0.25) is 0 Å². The topological polar surface area (TPSA) is 25.4 Å². The summed E-state index contributed by atoms with van der Waals surface area (Å²) in [5.74, 6) is 3.16. The Morgan fingerprint density at radius 1 is 1.56 bits per heavy atom. The van der Waals surface area contributed by atoms with Crippen molar-refractivity contribution in [1.82, 2.24) is 4.98 Å². The summed E-state index contributed by atoms with van der Waals surface area (Å²) in [5, 5.41) is 0. The third-order valence-electron chi connectivity index (χ3n) is 3.02. The molecule has 3 nitrogen and oxygen atoms in total. The van der Waals surface area contributed by atoms with Crippen LogP contribution < -0.4 is 9.64 Å². The van der Waals surface area contributed by atoms with Gasteiger partial charge in [0.25, 0.3) is 0 Å². The lowest BCUT2D eigenvalue weighted by molar-refractivity contribution is 0.412. The molecular weight excluding hydrogens is 224 g/mol. The van der Waals surface area contributed by atoms with Crippen LogP contribution in [0, 0.1) is 5.92 Å². The Balaban J connectivity index is 2.05. The smallest absolute Gasteiger partial charge is 0.137 e. The normalized spacial score (nSPS) is 20.9. The summed E-state index contributed by atoms with van der Waals surface area (Å²) in [4.78, 5) is 6.70. The number of hydrogen-bond acceptors (Lipinski definition) is 3. The lowest BCUT2D eigenvalue weighted by Gasteiger charge is -2.32. The number of anilines is 1. The summed E-state index contributed by atoms with van der Waals surface area (Å²) in [6, 6.07) is 3.96. The molecule has 16 heavy (non-hydrogen) atoms. The van der Waals surface area contributed by atoms with Crippen LogP contribution in [0.3, 0.4) is 0 Å². The number of ether oxygens (including phenoxy) is 1. The fourth-order valence-electron chi connectivity index (χ4n) is 2.08. The van der Waals surface area contributed by atoms with E-state index in [-0.39, 0.29) is 0 Å². The third-order valence-corrected chi connectivity index (χ3v) is 3.45. The Kier molecular flexibility index (Phi) is 3.88. The maximum atomic E-state index is 5.91. The number of alkyl halides is 1. The van der Waals surface area contributed by atoms with Gasteiger partial charge in [0.2, 0.25) is 0 Å². The van der Waals surface area contributed by atoms with E-state index >= 15 is 0 Å². The number of nitrogens with zero attached hydrogens (tertiary/aromatic N) is 2. The summed E-state index contributed by atoms with van der Waals surface area (Å²) >= 11 is 5.91. The predicted molar refractivity (Wildman–Crippen MR) is 66.4 cm³/mol. The molecule has 0 saturated carbocycles. The van der Waals surface area contributed by atoms with Crippen molar-refractivity contribution in [3.05, 3.63) is 18.3 Å². The van der Waals surface area contributed by atoms with Crippen molar-refractivity contribution >= 4 is 17.4 Å². The molecule has 1 aliphatic rings. The molecule has 0 aromatic carbocycles. The molecule has 0 aliphatic carbocycles. The zero-order valence-corrected chi connectivity index (χ0v) is 10.3. The van der Waals surface area contributed by atoms with Crippen molar-refractivity contribution in [3.63, 3.8) is 0 Å². The highest BCUT2D eigenvalue weighted by Gasteiger charge is 2.19. The Hall–Kier alpha value is -0.960. The highest BCUT2D eigenvalue weighted by Crippen LogP contribution is 2.23. The number of pyridine rings is 1. The highest BCUT2D eigenvalue weighted by molar-refractivity contribution is 6.18. The number of halogens is 1. The monoisotopic (exact) mass is 240 g/mol. The van der Waals surface area contributed by atoms with Gasteiger partial charge >= 0.3 is 0 Å². The van der Waals surface area contributed by atoms with Crippen LogP contribution in [-0.4, -0.2) is 31.1 Å². The lowest BCUT2D eigenvalue weighted by Crippen LogP contribution is -2.36. The van der Waals surface area contributed by atoms with Gasteiger partial charge in [0, 0.05) is 19.0 Å². The van der Waals surface area contributed by atoms with E-state index in [4.69, 9.17) is 16.3 Å². The first-order chi connectivity index (χ1) is 7.83. The summed E-state index contributed by atoms with van der Waals surface area (Å²) in [6.45, 7) is 2.09. The molecule has 88 valence electrons. The van der Waals surface area contributed by atoms with E-state index in [9.17, 15) is 0 Å². The minimum Gasteiger partial charge on any atom is -0.495 e. The van der Waals surface area contributed by atoms with Crippen molar-refractivity contribution in [2.75, 3.05) is 31.0 Å². The average Bonchev–Trinajstić information content (AvgIpc) is 2.39. The summed E-state index contributed by atoms with van der Waals surface area (Å²) in [6.07, 6.45) is 4.20. The van der Waals surface area contributed by atoms with Crippen LogP contribution in [0.15, 0.2) is 18.3 Å². The van der Waals surface area contributed by atoms with E-state index in [1.54, 1.807) is 13.3 Å². The second-order valence-electron chi connectivity index (χ2n) is 4.16. The minimum absolute atomic E-state index is 0.597.